The van der Waals surface area contributed by atoms with Crippen LogP contribution in [0.3, 0.4) is 0 Å². The van der Waals surface area contributed by atoms with E-state index in [1.807, 2.05) is 35.2 Å². The van der Waals surface area contributed by atoms with Crippen molar-refractivity contribution in [1.82, 2.24) is 10.6 Å². The molecule has 0 radical (unpaired) electrons. The first-order valence-corrected chi connectivity index (χ1v) is 13.0. The molecule has 1 aliphatic heterocycles. The second-order valence-electron chi connectivity index (χ2n) is 8.85. The minimum absolute atomic E-state index is 0.0171. The number of halogens is 2. The van der Waals surface area contributed by atoms with E-state index in [9.17, 15) is 14.4 Å². The Labute approximate surface area is 236 Å². The molecule has 0 bridgehead atoms. The predicted molar refractivity (Wildman–Crippen MR) is 151 cm³/mol. The number of nitrogens with zero attached hydrogens (tertiary/aromatic N) is 1. The van der Waals surface area contributed by atoms with Crippen LogP contribution in [0.2, 0.25) is 10.0 Å². The Balaban J connectivity index is 1.37. The summed E-state index contributed by atoms with van der Waals surface area (Å²) in [5, 5.41) is 5.50. The van der Waals surface area contributed by atoms with Gasteiger partial charge in [-0.25, -0.2) is 4.79 Å². The van der Waals surface area contributed by atoms with Crippen LogP contribution in [-0.4, -0.2) is 57.2 Å². The molecule has 0 aliphatic carbocycles. The number of nitrogen functional groups attached to an aromatic ring is 1. The van der Waals surface area contributed by atoms with Crippen LogP contribution in [0, 0.1) is 0 Å². The van der Waals surface area contributed by atoms with Gasteiger partial charge in [0.1, 0.15) is 18.4 Å². The van der Waals surface area contributed by atoms with Crippen molar-refractivity contribution in [2.24, 2.45) is 0 Å². The fraction of sp³-hybridized carbons (Fsp3) is 0.250. The highest BCUT2D eigenvalue weighted by molar-refractivity contribution is 6.40. The van der Waals surface area contributed by atoms with Gasteiger partial charge in [-0.05, 0) is 41.5 Å². The fourth-order valence-corrected chi connectivity index (χ4v) is 4.87. The van der Waals surface area contributed by atoms with Crippen LogP contribution in [0.1, 0.15) is 16.8 Å². The smallest absolute Gasteiger partial charge is 0.330 e. The zero-order chi connectivity index (χ0) is 27.9. The number of nitrogens with two attached hydrogens (primary N) is 1. The Morgan fingerprint density at radius 1 is 1.05 bits per heavy atom. The van der Waals surface area contributed by atoms with Crippen molar-refractivity contribution in [3.05, 3.63) is 76.3 Å². The van der Waals surface area contributed by atoms with Crippen LogP contribution in [0.4, 0.5) is 11.4 Å². The largest absolute Gasteiger partial charge is 0.490 e. The first kappa shape index (κ1) is 28.1. The molecule has 1 aliphatic rings. The number of rotatable bonds is 9. The maximum Gasteiger partial charge on any atom is 0.330 e. The summed E-state index contributed by atoms with van der Waals surface area (Å²) in [7, 11) is 1.19. The number of anilines is 2. The van der Waals surface area contributed by atoms with Gasteiger partial charge >= 0.3 is 5.97 Å². The Morgan fingerprint density at radius 3 is 2.46 bits per heavy atom. The summed E-state index contributed by atoms with van der Waals surface area (Å²) in [5.41, 5.74) is 8.96. The molecule has 39 heavy (non-hydrogen) atoms. The van der Waals surface area contributed by atoms with Crippen molar-refractivity contribution in [2.75, 3.05) is 44.0 Å². The van der Waals surface area contributed by atoms with E-state index in [-0.39, 0.29) is 34.5 Å². The van der Waals surface area contributed by atoms with Gasteiger partial charge in [0.05, 0.1) is 35.0 Å². The molecule has 0 fully saturated rings. The summed E-state index contributed by atoms with van der Waals surface area (Å²) in [6.07, 6.45) is 0.148. The average molecular weight is 571 g/mol. The van der Waals surface area contributed by atoms with Crippen molar-refractivity contribution in [3.8, 4) is 16.9 Å². The zero-order valence-electron chi connectivity index (χ0n) is 21.2. The Kier molecular flexibility index (Phi) is 9.16. The lowest BCUT2D eigenvalue weighted by atomic mass is 10.0. The molecule has 0 unspecified atom stereocenters. The van der Waals surface area contributed by atoms with Crippen LogP contribution < -0.4 is 26.0 Å². The van der Waals surface area contributed by atoms with Crippen molar-refractivity contribution in [3.63, 3.8) is 0 Å². The molecule has 2 amide bonds. The van der Waals surface area contributed by atoms with E-state index >= 15 is 0 Å². The molecule has 204 valence electrons. The van der Waals surface area contributed by atoms with E-state index < -0.39 is 17.9 Å². The number of hydrogen-bond acceptors (Lipinski definition) is 7. The maximum atomic E-state index is 13.1. The standard InChI is InChI=1S/C28H28Cl2N4O5/c1-38-28(37)22(16-32-25(35)9-10-34-11-12-39-24-8-7-19(31)15-23(24)34)33-27(36)26-20(29)13-18(14-21(26)30)17-5-3-2-4-6-17/h2-8,13-15,22H,9-12,16,31H2,1H3,(H,32,35)(H,33,36)/t22-/m0/s1. The predicted octanol–water partition coefficient (Wildman–Crippen LogP) is 3.92. The van der Waals surface area contributed by atoms with E-state index in [4.69, 9.17) is 38.4 Å². The number of nitrogens with one attached hydrogen (secondary N) is 2. The summed E-state index contributed by atoms with van der Waals surface area (Å²) in [5.74, 6) is -0.997. The minimum Gasteiger partial charge on any atom is -0.490 e. The van der Waals surface area contributed by atoms with Gasteiger partial charge in [0, 0.05) is 25.2 Å². The molecule has 1 atom stereocenters. The number of carbonyl (C=O) groups is 3. The number of benzene rings is 3. The fourth-order valence-electron chi connectivity index (χ4n) is 4.22. The SMILES string of the molecule is COC(=O)[C@H](CNC(=O)CCN1CCOc2ccc(N)cc21)NC(=O)c1c(Cl)cc(-c2ccccc2)cc1Cl. The lowest BCUT2D eigenvalue weighted by Crippen LogP contribution is -2.49. The minimum atomic E-state index is -1.16. The summed E-state index contributed by atoms with van der Waals surface area (Å²) >= 11 is 12.8. The summed E-state index contributed by atoms with van der Waals surface area (Å²) in [6.45, 7) is 1.34. The Bertz CT molecular complexity index is 1350. The zero-order valence-corrected chi connectivity index (χ0v) is 22.7. The number of esters is 1. The third-order valence-electron chi connectivity index (χ3n) is 6.22. The van der Waals surface area contributed by atoms with Crippen LogP contribution in [0.5, 0.6) is 5.75 Å². The van der Waals surface area contributed by atoms with Crippen LogP contribution in [0.25, 0.3) is 11.1 Å². The molecule has 4 N–H and O–H groups in total. The maximum absolute atomic E-state index is 13.1. The van der Waals surface area contributed by atoms with Crippen LogP contribution in [-0.2, 0) is 14.3 Å². The lowest BCUT2D eigenvalue weighted by Gasteiger charge is -2.31. The second kappa shape index (κ2) is 12.7. The molecule has 1 heterocycles. The summed E-state index contributed by atoms with van der Waals surface area (Å²) < 4.78 is 10.5. The number of carbonyl (C=O) groups excluding carboxylic acids is 3. The normalized spacial score (nSPS) is 13.1. The quantitative estimate of drug-likeness (QED) is 0.263. The van der Waals surface area contributed by atoms with Gasteiger partial charge in [0.15, 0.2) is 0 Å². The molecule has 9 nitrogen and oxygen atoms in total. The van der Waals surface area contributed by atoms with Crippen molar-refractivity contribution >= 4 is 52.4 Å². The molecule has 0 spiro atoms. The van der Waals surface area contributed by atoms with Gasteiger partial charge in [-0.15, -0.1) is 0 Å². The van der Waals surface area contributed by atoms with Crippen molar-refractivity contribution in [1.29, 1.82) is 0 Å². The van der Waals surface area contributed by atoms with E-state index in [1.165, 1.54) is 7.11 Å². The van der Waals surface area contributed by atoms with Crippen molar-refractivity contribution in [2.45, 2.75) is 12.5 Å². The molecular weight excluding hydrogens is 543 g/mol. The molecule has 11 heteroatoms. The molecule has 0 saturated heterocycles. The van der Waals surface area contributed by atoms with Crippen molar-refractivity contribution < 1.29 is 23.9 Å². The third-order valence-corrected chi connectivity index (χ3v) is 6.82. The van der Waals surface area contributed by atoms with Gasteiger partial charge in [-0.3, -0.25) is 9.59 Å². The number of fused-ring (bicyclic) bond motifs is 1. The van der Waals surface area contributed by atoms with E-state index in [1.54, 1.807) is 30.3 Å². The number of hydrogen-bond donors (Lipinski definition) is 3. The van der Waals surface area contributed by atoms with Gasteiger partial charge in [0.2, 0.25) is 5.91 Å². The summed E-state index contributed by atoms with van der Waals surface area (Å²) in [6, 6.07) is 16.9. The highest BCUT2D eigenvalue weighted by atomic mass is 35.5. The lowest BCUT2D eigenvalue weighted by molar-refractivity contribution is -0.142. The highest BCUT2D eigenvalue weighted by Gasteiger charge is 2.26. The number of amides is 2. The number of ether oxygens (including phenoxy) is 2. The first-order chi connectivity index (χ1) is 18.8. The van der Waals surface area contributed by atoms with E-state index in [0.29, 0.717) is 31.1 Å². The highest BCUT2D eigenvalue weighted by Crippen LogP contribution is 2.33. The first-order valence-electron chi connectivity index (χ1n) is 12.2. The molecule has 0 aromatic heterocycles. The average Bonchev–Trinajstić information content (AvgIpc) is 2.93. The van der Waals surface area contributed by atoms with Crippen LogP contribution in [0.15, 0.2) is 60.7 Å². The topological polar surface area (TPSA) is 123 Å². The van der Waals surface area contributed by atoms with Gasteiger partial charge in [0.25, 0.3) is 5.91 Å². The van der Waals surface area contributed by atoms with Gasteiger partial charge in [-0.2, -0.15) is 0 Å². The molecule has 4 rings (SSSR count). The summed E-state index contributed by atoms with van der Waals surface area (Å²) in [4.78, 5) is 40.1. The molecule has 0 saturated carbocycles. The molecular formula is C28H28Cl2N4O5. The monoisotopic (exact) mass is 570 g/mol. The number of methoxy groups -OCH3 is 1. The Morgan fingerprint density at radius 2 is 1.77 bits per heavy atom. The molecule has 3 aromatic rings. The van der Waals surface area contributed by atoms with Gasteiger partial charge in [-0.1, -0.05) is 53.5 Å². The third kappa shape index (κ3) is 6.93. The molecule has 3 aromatic carbocycles. The Hall–Kier alpha value is -3.95. The van der Waals surface area contributed by atoms with E-state index in [2.05, 4.69) is 10.6 Å². The van der Waals surface area contributed by atoms with E-state index in [0.717, 1.165) is 16.8 Å². The van der Waals surface area contributed by atoms with Crippen LogP contribution >= 0.6 is 23.2 Å². The van der Waals surface area contributed by atoms with Gasteiger partial charge < -0.3 is 30.7 Å². The second-order valence-corrected chi connectivity index (χ2v) is 9.66.